The molecule has 1 amide bonds. The second kappa shape index (κ2) is 5.21. The predicted molar refractivity (Wildman–Crippen MR) is 93.2 cm³/mol. The van der Waals surface area contributed by atoms with Crippen molar-refractivity contribution in [2.24, 2.45) is 0 Å². The van der Waals surface area contributed by atoms with E-state index in [0.29, 0.717) is 12.4 Å². The average molecular weight is 321 g/mol. The molecule has 0 bridgehead atoms. The van der Waals surface area contributed by atoms with Gasteiger partial charge in [-0.3, -0.25) is 4.79 Å². The number of amides is 1. The van der Waals surface area contributed by atoms with Crippen LogP contribution in [0.25, 0.3) is 20.9 Å². The topological polar surface area (TPSA) is 59.2 Å². The SMILES string of the molecule is CN1Cc2cc(-c3ccc(-c4ccc(N)nc4)s3)ccc2C1=O. The summed E-state index contributed by atoms with van der Waals surface area (Å²) in [5, 5.41) is 0. The molecule has 0 unspecified atom stereocenters. The van der Waals surface area contributed by atoms with Crippen LogP contribution in [0.15, 0.2) is 48.7 Å². The highest BCUT2D eigenvalue weighted by atomic mass is 32.1. The van der Waals surface area contributed by atoms with E-state index in [1.807, 2.05) is 31.3 Å². The fourth-order valence-corrected chi connectivity index (χ4v) is 3.81. The number of anilines is 1. The predicted octanol–water partition coefficient (Wildman–Crippen LogP) is 3.64. The first-order valence-electron chi connectivity index (χ1n) is 7.32. The van der Waals surface area contributed by atoms with Crippen molar-refractivity contribution < 1.29 is 4.79 Å². The molecule has 0 saturated carbocycles. The Balaban J connectivity index is 1.69. The molecule has 0 saturated heterocycles. The molecule has 23 heavy (non-hydrogen) atoms. The van der Waals surface area contributed by atoms with Crippen LogP contribution in [-0.4, -0.2) is 22.8 Å². The zero-order chi connectivity index (χ0) is 16.0. The van der Waals surface area contributed by atoms with Gasteiger partial charge in [0.2, 0.25) is 0 Å². The molecule has 1 aliphatic rings. The zero-order valence-corrected chi connectivity index (χ0v) is 13.4. The van der Waals surface area contributed by atoms with Crippen LogP contribution in [0.3, 0.4) is 0 Å². The van der Waals surface area contributed by atoms with Gasteiger partial charge in [-0.2, -0.15) is 0 Å². The van der Waals surface area contributed by atoms with E-state index in [1.165, 1.54) is 4.88 Å². The van der Waals surface area contributed by atoms with Crippen molar-refractivity contribution in [3.05, 3.63) is 59.8 Å². The van der Waals surface area contributed by atoms with Crippen molar-refractivity contribution in [3.63, 3.8) is 0 Å². The lowest BCUT2D eigenvalue weighted by Gasteiger charge is -2.04. The van der Waals surface area contributed by atoms with Crippen molar-refractivity contribution in [1.82, 2.24) is 9.88 Å². The molecule has 2 N–H and O–H groups in total. The maximum Gasteiger partial charge on any atom is 0.254 e. The number of hydrogen-bond donors (Lipinski definition) is 1. The van der Waals surface area contributed by atoms with Crippen LogP contribution in [-0.2, 0) is 6.54 Å². The van der Waals surface area contributed by atoms with Gasteiger partial charge in [0.15, 0.2) is 0 Å². The van der Waals surface area contributed by atoms with Crippen LogP contribution in [0.2, 0.25) is 0 Å². The quantitative estimate of drug-likeness (QED) is 0.784. The molecule has 3 heterocycles. The molecule has 1 aliphatic heterocycles. The Hall–Kier alpha value is -2.66. The molecule has 4 nitrogen and oxygen atoms in total. The molecular weight excluding hydrogens is 306 g/mol. The van der Waals surface area contributed by atoms with Gasteiger partial charge in [-0.05, 0) is 47.5 Å². The number of carbonyl (C=O) groups excluding carboxylic acids is 1. The Bertz CT molecular complexity index is 899. The first-order valence-corrected chi connectivity index (χ1v) is 8.14. The lowest BCUT2D eigenvalue weighted by Crippen LogP contribution is -2.17. The van der Waals surface area contributed by atoms with E-state index in [4.69, 9.17) is 5.73 Å². The maximum absolute atomic E-state index is 12.0. The zero-order valence-electron chi connectivity index (χ0n) is 12.6. The van der Waals surface area contributed by atoms with Gasteiger partial charge in [0, 0.05) is 40.7 Å². The van der Waals surface area contributed by atoms with Crippen LogP contribution < -0.4 is 5.73 Å². The van der Waals surface area contributed by atoms with Crippen LogP contribution >= 0.6 is 11.3 Å². The maximum atomic E-state index is 12.0. The minimum Gasteiger partial charge on any atom is -0.384 e. The number of hydrogen-bond acceptors (Lipinski definition) is 4. The summed E-state index contributed by atoms with van der Waals surface area (Å²) < 4.78 is 0. The summed E-state index contributed by atoms with van der Waals surface area (Å²) in [6.07, 6.45) is 1.79. The summed E-state index contributed by atoms with van der Waals surface area (Å²) in [5.41, 5.74) is 9.75. The van der Waals surface area contributed by atoms with Gasteiger partial charge in [-0.15, -0.1) is 11.3 Å². The molecular formula is C18H15N3OS. The van der Waals surface area contributed by atoms with Gasteiger partial charge >= 0.3 is 0 Å². The molecule has 0 radical (unpaired) electrons. The first kappa shape index (κ1) is 14.0. The number of carbonyl (C=O) groups is 1. The number of pyridine rings is 1. The van der Waals surface area contributed by atoms with Gasteiger partial charge in [0.25, 0.3) is 5.91 Å². The minimum atomic E-state index is 0.103. The summed E-state index contributed by atoms with van der Waals surface area (Å²) in [6, 6.07) is 14.1. The standard InChI is InChI=1S/C18H15N3OS/c1-21-10-13-8-11(2-4-14(13)18(21)22)15-5-6-16(23-15)12-3-7-17(19)20-9-12/h2-9H,10H2,1H3,(H2,19,20). The van der Waals surface area contributed by atoms with Crippen molar-refractivity contribution >= 4 is 23.1 Å². The van der Waals surface area contributed by atoms with Crippen molar-refractivity contribution in [2.75, 3.05) is 12.8 Å². The first-order chi connectivity index (χ1) is 11.1. The lowest BCUT2D eigenvalue weighted by molar-refractivity contribution is 0.0816. The number of nitrogens with zero attached hydrogens (tertiary/aromatic N) is 2. The third kappa shape index (κ3) is 2.39. The largest absolute Gasteiger partial charge is 0.384 e. The smallest absolute Gasteiger partial charge is 0.254 e. The molecule has 4 rings (SSSR count). The second-order valence-corrected chi connectivity index (χ2v) is 6.75. The van der Waals surface area contributed by atoms with E-state index in [0.717, 1.165) is 27.1 Å². The Morgan fingerprint density at radius 3 is 2.57 bits per heavy atom. The molecule has 114 valence electrons. The molecule has 0 aliphatic carbocycles. The molecule has 0 fully saturated rings. The Morgan fingerprint density at radius 1 is 1.09 bits per heavy atom. The summed E-state index contributed by atoms with van der Waals surface area (Å²) in [7, 11) is 1.83. The highest BCUT2D eigenvalue weighted by Gasteiger charge is 2.24. The fourth-order valence-electron chi connectivity index (χ4n) is 2.82. The lowest BCUT2D eigenvalue weighted by atomic mass is 10.1. The van der Waals surface area contributed by atoms with Crippen molar-refractivity contribution in [2.45, 2.75) is 6.54 Å². The van der Waals surface area contributed by atoms with Gasteiger partial charge in [0.05, 0.1) is 0 Å². The second-order valence-electron chi connectivity index (χ2n) is 5.67. The number of nitrogen functional groups attached to an aromatic ring is 1. The summed E-state index contributed by atoms with van der Waals surface area (Å²) in [5.74, 6) is 0.629. The van der Waals surface area contributed by atoms with E-state index in [1.54, 1.807) is 22.4 Å². The van der Waals surface area contributed by atoms with E-state index >= 15 is 0 Å². The summed E-state index contributed by atoms with van der Waals surface area (Å²) in [6.45, 7) is 0.683. The van der Waals surface area contributed by atoms with Gasteiger partial charge < -0.3 is 10.6 Å². The van der Waals surface area contributed by atoms with Crippen LogP contribution in [0.4, 0.5) is 5.82 Å². The van der Waals surface area contributed by atoms with Crippen LogP contribution in [0.5, 0.6) is 0 Å². The van der Waals surface area contributed by atoms with E-state index in [9.17, 15) is 4.79 Å². The van der Waals surface area contributed by atoms with Gasteiger partial charge in [0.1, 0.15) is 5.82 Å². The molecule has 0 atom stereocenters. The number of benzene rings is 1. The van der Waals surface area contributed by atoms with E-state index < -0.39 is 0 Å². The van der Waals surface area contributed by atoms with Crippen LogP contribution in [0.1, 0.15) is 15.9 Å². The molecule has 5 heteroatoms. The number of fused-ring (bicyclic) bond motifs is 1. The number of nitrogens with two attached hydrogens (primary N) is 1. The Labute approximate surface area is 138 Å². The molecule has 0 spiro atoms. The molecule has 2 aromatic heterocycles. The average Bonchev–Trinajstić information content (AvgIpc) is 3.14. The van der Waals surface area contributed by atoms with Gasteiger partial charge in [-0.1, -0.05) is 6.07 Å². The third-order valence-corrected chi connectivity index (χ3v) is 5.23. The highest BCUT2D eigenvalue weighted by Crippen LogP contribution is 2.36. The molecule has 3 aromatic rings. The third-order valence-electron chi connectivity index (χ3n) is 4.05. The van der Waals surface area contributed by atoms with Gasteiger partial charge in [-0.25, -0.2) is 4.98 Å². The number of aromatic nitrogens is 1. The number of thiophene rings is 1. The van der Waals surface area contributed by atoms with E-state index in [2.05, 4.69) is 23.2 Å². The van der Waals surface area contributed by atoms with Crippen molar-refractivity contribution in [1.29, 1.82) is 0 Å². The normalized spacial score (nSPS) is 13.4. The van der Waals surface area contributed by atoms with E-state index in [-0.39, 0.29) is 5.91 Å². The highest BCUT2D eigenvalue weighted by molar-refractivity contribution is 7.18. The van der Waals surface area contributed by atoms with Crippen LogP contribution in [0, 0.1) is 0 Å². The molecule has 1 aromatic carbocycles. The van der Waals surface area contributed by atoms with Crippen molar-refractivity contribution in [3.8, 4) is 20.9 Å². The Morgan fingerprint density at radius 2 is 1.83 bits per heavy atom. The fraction of sp³-hybridized carbons (Fsp3) is 0.111. The Kier molecular flexibility index (Phi) is 3.16. The monoisotopic (exact) mass is 321 g/mol. The minimum absolute atomic E-state index is 0.103. The number of rotatable bonds is 2. The summed E-state index contributed by atoms with van der Waals surface area (Å²) in [4.78, 5) is 20.2. The summed E-state index contributed by atoms with van der Waals surface area (Å²) >= 11 is 1.71.